The number of fused-ring (bicyclic) bond motifs is 1. The van der Waals surface area contributed by atoms with E-state index in [2.05, 4.69) is 10.3 Å². The van der Waals surface area contributed by atoms with Crippen LogP contribution in [0.1, 0.15) is 29.9 Å². The average Bonchev–Trinajstić information content (AvgIpc) is 3.18. The van der Waals surface area contributed by atoms with Gasteiger partial charge in [0, 0.05) is 49.2 Å². The van der Waals surface area contributed by atoms with Gasteiger partial charge < -0.3 is 14.8 Å². The Balaban J connectivity index is 1.62. The number of carbonyl (C=O) groups excluding carboxylic acids is 1. The van der Waals surface area contributed by atoms with E-state index in [1.54, 1.807) is 30.6 Å². The van der Waals surface area contributed by atoms with Crippen molar-refractivity contribution in [3.8, 4) is 11.1 Å². The molecule has 0 radical (unpaired) electrons. The molecule has 34 heavy (non-hydrogen) atoms. The number of amides is 1. The number of aromatic nitrogens is 3. The van der Waals surface area contributed by atoms with Gasteiger partial charge in [0.1, 0.15) is 17.2 Å². The van der Waals surface area contributed by atoms with Gasteiger partial charge in [-0.25, -0.2) is 9.37 Å². The maximum Gasteiger partial charge on any atom is 0.273 e. The summed E-state index contributed by atoms with van der Waals surface area (Å²) in [5.41, 5.74) is 3.25. The molecule has 0 unspecified atom stereocenters. The molecule has 8 heteroatoms. The average molecular weight is 478 g/mol. The molecule has 5 rings (SSSR count). The third-order valence-corrected chi connectivity index (χ3v) is 6.60. The minimum absolute atomic E-state index is 0.0764. The van der Waals surface area contributed by atoms with Crippen LogP contribution in [0.3, 0.4) is 0 Å². The number of rotatable bonds is 4. The smallest absolute Gasteiger partial charge is 0.273 e. The van der Waals surface area contributed by atoms with Crippen molar-refractivity contribution in [2.75, 3.05) is 19.6 Å². The molecule has 0 spiro atoms. The summed E-state index contributed by atoms with van der Waals surface area (Å²) < 4.78 is 16.2. The number of pyridine rings is 2. The second-order valence-corrected chi connectivity index (χ2v) is 9.58. The van der Waals surface area contributed by atoms with Crippen LogP contribution in [-0.2, 0) is 6.54 Å². The van der Waals surface area contributed by atoms with Gasteiger partial charge in [0.2, 0.25) is 0 Å². The lowest BCUT2D eigenvalue weighted by atomic mass is 9.99. The van der Waals surface area contributed by atoms with E-state index in [0.29, 0.717) is 30.0 Å². The zero-order valence-corrected chi connectivity index (χ0v) is 19.8. The van der Waals surface area contributed by atoms with E-state index in [1.807, 2.05) is 47.7 Å². The quantitative estimate of drug-likeness (QED) is 0.460. The summed E-state index contributed by atoms with van der Waals surface area (Å²) in [5.74, 6) is -0.574. The first-order chi connectivity index (χ1) is 16.3. The first kappa shape index (κ1) is 22.5. The Morgan fingerprint density at radius 2 is 2.09 bits per heavy atom. The summed E-state index contributed by atoms with van der Waals surface area (Å²) in [6, 6.07) is 12.3. The predicted molar refractivity (Wildman–Crippen MR) is 131 cm³/mol. The van der Waals surface area contributed by atoms with Crippen molar-refractivity contribution in [1.82, 2.24) is 24.8 Å². The van der Waals surface area contributed by atoms with Gasteiger partial charge in [0.25, 0.3) is 5.91 Å². The number of carbonyl (C=O) groups is 1. The summed E-state index contributed by atoms with van der Waals surface area (Å²) in [6.45, 7) is 6.72. The van der Waals surface area contributed by atoms with Gasteiger partial charge >= 0.3 is 0 Å². The first-order valence-corrected chi connectivity index (χ1v) is 11.6. The van der Waals surface area contributed by atoms with Crippen LogP contribution in [-0.4, -0.2) is 50.5 Å². The lowest BCUT2D eigenvalue weighted by Crippen LogP contribution is -2.59. The molecule has 1 aliphatic heterocycles. The minimum atomic E-state index is -0.479. The molecule has 1 fully saturated rings. The molecule has 1 aromatic carbocycles. The molecule has 1 saturated heterocycles. The van der Waals surface area contributed by atoms with Crippen LogP contribution in [0.5, 0.6) is 0 Å². The molecule has 174 valence electrons. The van der Waals surface area contributed by atoms with Crippen LogP contribution in [0.4, 0.5) is 4.39 Å². The van der Waals surface area contributed by atoms with Crippen LogP contribution in [0.25, 0.3) is 22.2 Å². The first-order valence-electron chi connectivity index (χ1n) is 11.2. The predicted octanol–water partition coefficient (Wildman–Crippen LogP) is 4.76. The molecule has 3 aromatic heterocycles. The number of hydrogen-bond donors (Lipinski definition) is 1. The Kier molecular flexibility index (Phi) is 5.83. The molecule has 0 aliphatic carbocycles. The van der Waals surface area contributed by atoms with E-state index in [-0.39, 0.29) is 16.5 Å². The van der Waals surface area contributed by atoms with Gasteiger partial charge in [0.05, 0.1) is 17.1 Å². The van der Waals surface area contributed by atoms with Gasteiger partial charge in [-0.05, 0) is 55.3 Å². The zero-order valence-electron chi connectivity index (χ0n) is 19.1. The van der Waals surface area contributed by atoms with Crippen molar-refractivity contribution in [3.63, 3.8) is 0 Å². The number of benzene rings is 1. The van der Waals surface area contributed by atoms with E-state index >= 15 is 0 Å². The Hall–Kier alpha value is -3.29. The molecule has 6 nitrogen and oxygen atoms in total. The molecule has 4 aromatic rings. The monoisotopic (exact) mass is 477 g/mol. The number of nitrogens with one attached hydrogen (secondary N) is 1. The van der Waals surface area contributed by atoms with Crippen molar-refractivity contribution >= 4 is 28.5 Å². The Morgan fingerprint density at radius 3 is 2.82 bits per heavy atom. The van der Waals surface area contributed by atoms with Crippen molar-refractivity contribution in [2.45, 2.75) is 25.9 Å². The summed E-state index contributed by atoms with van der Waals surface area (Å²) >= 11 is 5.91. The molecule has 1 amide bonds. The van der Waals surface area contributed by atoms with Crippen molar-refractivity contribution < 1.29 is 9.18 Å². The van der Waals surface area contributed by atoms with E-state index in [9.17, 15) is 9.18 Å². The van der Waals surface area contributed by atoms with E-state index < -0.39 is 5.82 Å². The zero-order chi connectivity index (χ0) is 23.9. The lowest BCUT2D eigenvalue weighted by molar-refractivity contribution is 0.0472. The Morgan fingerprint density at radius 1 is 1.24 bits per heavy atom. The second kappa shape index (κ2) is 8.81. The number of hydrogen-bond acceptors (Lipinski definition) is 4. The van der Waals surface area contributed by atoms with Crippen LogP contribution < -0.4 is 5.32 Å². The normalized spacial score (nSPS) is 15.6. The van der Waals surface area contributed by atoms with Crippen LogP contribution in [0, 0.1) is 5.82 Å². The maximum atomic E-state index is 14.2. The van der Waals surface area contributed by atoms with Crippen molar-refractivity contribution in [3.05, 3.63) is 83.2 Å². The van der Waals surface area contributed by atoms with Gasteiger partial charge in [-0.2, -0.15) is 0 Å². The maximum absolute atomic E-state index is 14.2. The molecule has 0 saturated carbocycles. The Labute approximate surface area is 202 Å². The van der Waals surface area contributed by atoms with Crippen LogP contribution >= 0.6 is 11.6 Å². The van der Waals surface area contributed by atoms with Crippen LogP contribution in [0.15, 0.2) is 61.1 Å². The third-order valence-electron chi connectivity index (χ3n) is 6.29. The third kappa shape index (κ3) is 4.17. The number of halogens is 2. The van der Waals surface area contributed by atoms with Gasteiger partial charge in [-0.1, -0.05) is 23.7 Å². The summed E-state index contributed by atoms with van der Waals surface area (Å²) in [5, 5.41) is 4.25. The highest BCUT2D eigenvalue weighted by molar-refractivity contribution is 6.30. The van der Waals surface area contributed by atoms with E-state index in [1.165, 1.54) is 6.07 Å². The molecule has 4 heterocycles. The largest absolute Gasteiger partial charge is 0.330 e. The Bertz CT molecular complexity index is 1370. The van der Waals surface area contributed by atoms with E-state index in [0.717, 1.165) is 29.6 Å². The van der Waals surface area contributed by atoms with Crippen LogP contribution in [0.2, 0.25) is 5.02 Å². The molecule has 0 bridgehead atoms. The fraction of sp³-hybridized carbons (Fsp3) is 0.269. The molecule has 0 atom stereocenters. The number of piperazine rings is 1. The standard InChI is InChI=1S/C26H25ClFN5O/c1-26(2)16-30-10-11-33(26)25(34)23-8-6-19-20(18-5-7-21(27)22(28)12-18)15-32(24(19)31-23)14-17-4-3-9-29-13-17/h3-9,12-13,15,30H,10-11,14,16H2,1-2H3. The summed E-state index contributed by atoms with van der Waals surface area (Å²) in [4.78, 5) is 24.3. The second-order valence-electron chi connectivity index (χ2n) is 9.17. The van der Waals surface area contributed by atoms with Crippen molar-refractivity contribution in [1.29, 1.82) is 0 Å². The molecule has 1 N–H and O–H groups in total. The molecular formula is C26H25ClFN5O. The summed E-state index contributed by atoms with van der Waals surface area (Å²) in [6.07, 6.45) is 5.46. The highest BCUT2D eigenvalue weighted by atomic mass is 35.5. The number of nitrogens with zero attached hydrogens (tertiary/aromatic N) is 4. The van der Waals surface area contributed by atoms with Gasteiger partial charge in [0.15, 0.2) is 0 Å². The lowest BCUT2D eigenvalue weighted by Gasteiger charge is -2.42. The fourth-order valence-corrected chi connectivity index (χ4v) is 4.60. The highest BCUT2D eigenvalue weighted by Gasteiger charge is 2.34. The SMILES string of the molecule is CC1(C)CNCCN1C(=O)c1ccc2c(-c3ccc(Cl)c(F)c3)cn(Cc3cccnc3)c2n1. The molecule has 1 aliphatic rings. The van der Waals surface area contributed by atoms with Crippen molar-refractivity contribution in [2.24, 2.45) is 0 Å². The molecular weight excluding hydrogens is 453 g/mol. The van der Waals surface area contributed by atoms with Gasteiger partial charge in [-0.3, -0.25) is 9.78 Å². The van der Waals surface area contributed by atoms with E-state index in [4.69, 9.17) is 16.6 Å². The summed E-state index contributed by atoms with van der Waals surface area (Å²) in [7, 11) is 0. The topological polar surface area (TPSA) is 63.1 Å². The minimum Gasteiger partial charge on any atom is -0.330 e. The van der Waals surface area contributed by atoms with Gasteiger partial charge in [-0.15, -0.1) is 0 Å². The highest BCUT2D eigenvalue weighted by Crippen LogP contribution is 2.33. The fourth-order valence-electron chi connectivity index (χ4n) is 4.48.